The van der Waals surface area contributed by atoms with Crippen molar-refractivity contribution >= 4 is 23.2 Å². The number of hydrogen-bond acceptors (Lipinski definition) is 3. The maximum atomic E-state index is 3.99. The van der Waals surface area contributed by atoms with Crippen molar-refractivity contribution in [3.8, 4) is 0 Å². The van der Waals surface area contributed by atoms with E-state index in [2.05, 4.69) is 17.5 Å². The normalized spacial score (nSPS) is 9.56. The molecule has 0 aliphatic rings. The Bertz CT molecular complexity index is 351. The Hall–Kier alpha value is -1.61. The molecule has 2 aromatic rings. The molecule has 1 aromatic heterocycles. The van der Waals surface area contributed by atoms with Crippen LogP contribution in [0.5, 0.6) is 0 Å². The molecule has 1 aromatic carbocycles. The Labute approximate surface area is 101 Å². The van der Waals surface area contributed by atoms with Gasteiger partial charge in [0.25, 0.3) is 0 Å². The monoisotopic (exact) mass is 232 g/mol. The fourth-order valence-electron chi connectivity index (χ4n) is 0.951. The number of rotatable bonds is 3. The zero-order valence-corrected chi connectivity index (χ0v) is 10.2. The minimum atomic E-state index is 0.958. The number of thiophene rings is 1. The molecule has 3 heteroatoms. The van der Waals surface area contributed by atoms with Crippen molar-refractivity contribution in [3.63, 3.8) is 0 Å². The highest BCUT2D eigenvalue weighted by atomic mass is 32.1. The van der Waals surface area contributed by atoms with Crippen molar-refractivity contribution in [2.75, 3.05) is 5.43 Å². The average Bonchev–Trinajstić information content (AvgIpc) is 2.90. The van der Waals surface area contributed by atoms with Gasteiger partial charge in [0.1, 0.15) is 0 Å². The average molecular weight is 232 g/mol. The van der Waals surface area contributed by atoms with Crippen LogP contribution in [-0.4, -0.2) is 6.21 Å². The van der Waals surface area contributed by atoms with Crippen LogP contribution >= 0.6 is 11.3 Å². The summed E-state index contributed by atoms with van der Waals surface area (Å²) in [7, 11) is 0. The number of benzene rings is 1. The second kappa shape index (κ2) is 8.68. The highest BCUT2D eigenvalue weighted by molar-refractivity contribution is 7.07. The van der Waals surface area contributed by atoms with Gasteiger partial charge in [-0.2, -0.15) is 16.4 Å². The largest absolute Gasteiger partial charge is 0.279 e. The third-order valence-electron chi connectivity index (χ3n) is 1.67. The van der Waals surface area contributed by atoms with Crippen LogP contribution in [0, 0.1) is 0 Å². The molecular formula is C13H16N2S. The molecule has 16 heavy (non-hydrogen) atoms. The lowest BCUT2D eigenvalue weighted by atomic mass is 10.3. The Morgan fingerprint density at radius 3 is 2.31 bits per heavy atom. The maximum Gasteiger partial charge on any atom is 0.0561 e. The van der Waals surface area contributed by atoms with Crippen molar-refractivity contribution in [2.24, 2.45) is 5.10 Å². The third kappa shape index (κ3) is 5.98. The number of nitrogens with zero attached hydrogens (tertiary/aromatic N) is 1. The molecule has 0 radical (unpaired) electrons. The summed E-state index contributed by atoms with van der Waals surface area (Å²) in [6, 6.07) is 13.9. The Balaban J connectivity index is 0.000000212. The van der Waals surface area contributed by atoms with E-state index in [9.17, 15) is 0 Å². The van der Waals surface area contributed by atoms with Crippen molar-refractivity contribution in [3.05, 3.63) is 53.2 Å². The SMILES string of the molecule is CCC=NNc1ccccc1.c1ccsc1. The molecule has 0 aliphatic heterocycles. The minimum absolute atomic E-state index is 0.958. The highest BCUT2D eigenvalue weighted by Gasteiger charge is 1.82. The van der Waals surface area contributed by atoms with E-state index >= 15 is 0 Å². The van der Waals surface area contributed by atoms with E-state index in [1.54, 1.807) is 11.3 Å². The van der Waals surface area contributed by atoms with Crippen LogP contribution in [0.15, 0.2) is 58.3 Å². The number of hydrazone groups is 1. The molecule has 1 N–H and O–H groups in total. The lowest BCUT2D eigenvalue weighted by Crippen LogP contribution is -1.87. The molecule has 0 saturated heterocycles. The predicted octanol–water partition coefficient (Wildman–Crippen LogP) is 4.24. The summed E-state index contributed by atoms with van der Waals surface area (Å²) in [5.41, 5.74) is 3.94. The van der Waals surface area contributed by atoms with Crippen molar-refractivity contribution in [1.29, 1.82) is 0 Å². The molecule has 0 unspecified atom stereocenters. The zero-order chi connectivity index (χ0) is 11.5. The summed E-state index contributed by atoms with van der Waals surface area (Å²) in [6.45, 7) is 2.05. The van der Waals surface area contributed by atoms with Gasteiger partial charge in [0.2, 0.25) is 0 Å². The van der Waals surface area contributed by atoms with Gasteiger partial charge < -0.3 is 0 Å². The second-order valence-corrected chi connectivity index (χ2v) is 3.81. The summed E-state index contributed by atoms with van der Waals surface area (Å²) < 4.78 is 0. The van der Waals surface area contributed by atoms with Crippen LogP contribution in [0.3, 0.4) is 0 Å². The standard InChI is InChI=1S/C9H12N2.C4H4S/c1-2-8-10-11-9-6-4-3-5-7-9;1-2-4-5-3-1/h3-8,11H,2H2,1H3;1-4H. The fraction of sp³-hybridized carbons (Fsp3) is 0.154. The third-order valence-corrected chi connectivity index (χ3v) is 2.30. The van der Waals surface area contributed by atoms with E-state index in [-0.39, 0.29) is 0 Å². The van der Waals surface area contributed by atoms with E-state index in [0.717, 1.165) is 12.1 Å². The first-order valence-corrected chi connectivity index (χ1v) is 6.17. The summed E-state index contributed by atoms with van der Waals surface area (Å²) in [6.07, 6.45) is 2.80. The van der Waals surface area contributed by atoms with Crippen molar-refractivity contribution in [2.45, 2.75) is 13.3 Å². The summed E-state index contributed by atoms with van der Waals surface area (Å²) in [5.74, 6) is 0. The molecule has 84 valence electrons. The van der Waals surface area contributed by atoms with Crippen molar-refractivity contribution in [1.82, 2.24) is 0 Å². The molecule has 0 spiro atoms. The van der Waals surface area contributed by atoms with Crippen LogP contribution < -0.4 is 5.43 Å². The van der Waals surface area contributed by atoms with E-state index in [1.807, 2.05) is 59.4 Å². The Kier molecular flexibility index (Phi) is 6.76. The summed E-state index contributed by atoms with van der Waals surface area (Å²) in [4.78, 5) is 0. The number of anilines is 1. The Morgan fingerprint density at radius 1 is 1.12 bits per heavy atom. The first-order chi connectivity index (χ1) is 7.93. The molecular weight excluding hydrogens is 216 g/mol. The number of hydrogen-bond donors (Lipinski definition) is 1. The molecule has 2 nitrogen and oxygen atoms in total. The summed E-state index contributed by atoms with van der Waals surface area (Å²) in [5, 5.41) is 8.07. The second-order valence-electron chi connectivity index (χ2n) is 2.99. The van der Waals surface area contributed by atoms with E-state index in [0.29, 0.717) is 0 Å². The van der Waals surface area contributed by atoms with Gasteiger partial charge in [-0.1, -0.05) is 37.3 Å². The number of para-hydroxylation sites is 1. The van der Waals surface area contributed by atoms with Crippen LogP contribution in [-0.2, 0) is 0 Å². The van der Waals surface area contributed by atoms with Gasteiger partial charge in [-0.3, -0.25) is 5.43 Å². The van der Waals surface area contributed by atoms with E-state index in [1.165, 1.54) is 0 Å². The molecule has 0 aliphatic carbocycles. The first-order valence-electron chi connectivity index (χ1n) is 5.23. The fourth-order valence-corrected chi connectivity index (χ4v) is 1.40. The molecule has 1 heterocycles. The molecule has 0 fully saturated rings. The lowest BCUT2D eigenvalue weighted by Gasteiger charge is -1.96. The van der Waals surface area contributed by atoms with E-state index in [4.69, 9.17) is 0 Å². The van der Waals surface area contributed by atoms with Gasteiger partial charge in [-0.05, 0) is 29.3 Å². The Morgan fingerprint density at radius 2 is 1.81 bits per heavy atom. The molecule has 2 rings (SSSR count). The topological polar surface area (TPSA) is 24.4 Å². The van der Waals surface area contributed by atoms with Crippen LogP contribution in [0.1, 0.15) is 13.3 Å². The van der Waals surface area contributed by atoms with Gasteiger partial charge in [0.05, 0.1) is 5.69 Å². The van der Waals surface area contributed by atoms with Crippen LogP contribution in [0.2, 0.25) is 0 Å². The van der Waals surface area contributed by atoms with Gasteiger partial charge in [-0.25, -0.2) is 0 Å². The van der Waals surface area contributed by atoms with Crippen molar-refractivity contribution < 1.29 is 0 Å². The highest BCUT2D eigenvalue weighted by Crippen LogP contribution is 2.03. The molecule has 0 amide bonds. The van der Waals surface area contributed by atoms with Gasteiger partial charge in [0, 0.05) is 6.21 Å². The summed E-state index contributed by atoms with van der Waals surface area (Å²) >= 11 is 1.71. The zero-order valence-electron chi connectivity index (χ0n) is 9.34. The van der Waals surface area contributed by atoms with Crippen LogP contribution in [0.25, 0.3) is 0 Å². The van der Waals surface area contributed by atoms with Gasteiger partial charge >= 0.3 is 0 Å². The smallest absolute Gasteiger partial charge is 0.0561 e. The minimum Gasteiger partial charge on any atom is -0.279 e. The number of nitrogens with one attached hydrogen (secondary N) is 1. The maximum absolute atomic E-state index is 3.99. The van der Waals surface area contributed by atoms with Gasteiger partial charge in [0.15, 0.2) is 0 Å². The van der Waals surface area contributed by atoms with Crippen LogP contribution in [0.4, 0.5) is 5.69 Å². The molecule has 0 atom stereocenters. The van der Waals surface area contributed by atoms with Gasteiger partial charge in [-0.15, -0.1) is 0 Å². The predicted molar refractivity (Wildman–Crippen MR) is 73.2 cm³/mol. The van der Waals surface area contributed by atoms with E-state index < -0.39 is 0 Å². The quantitative estimate of drug-likeness (QED) is 0.621. The first kappa shape index (κ1) is 12.5. The lowest BCUT2D eigenvalue weighted by molar-refractivity contribution is 1.27. The molecule has 0 saturated carbocycles. The molecule has 0 bridgehead atoms.